The Morgan fingerprint density at radius 2 is 2.23 bits per heavy atom. The number of carbonyl (C=O) groups is 1. The fourth-order valence-corrected chi connectivity index (χ4v) is 1.23. The highest BCUT2D eigenvalue weighted by Gasteiger charge is 2.04. The number of Topliss-reactive ketones (excluding diaryl/α,β-unsaturated/α-hetero) is 1. The van der Waals surface area contributed by atoms with E-state index in [1.807, 2.05) is 6.92 Å². The minimum Gasteiger partial charge on any atom is -0.492 e. The Bertz CT molecular complexity index is 321. The maximum absolute atomic E-state index is 11.0. The molecule has 0 atom stereocenters. The summed E-state index contributed by atoms with van der Waals surface area (Å²) >= 11 is 5.88. The molecule has 13 heavy (non-hydrogen) atoms. The Hall–Kier alpha value is -1.02. The molecular weight excluding hydrogens is 188 g/mol. The molecule has 0 unspecified atom stereocenters. The summed E-state index contributed by atoms with van der Waals surface area (Å²) in [6, 6.07) is 5.04. The number of ketones is 1. The minimum absolute atomic E-state index is 0.00458. The molecule has 0 aromatic heterocycles. The Kier molecular flexibility index (Phi) is 3.32. The van der Waals surface area contributed by atoms with Crippen LogP contribution in [0.25, 0.3) is 0 Å². The van der Waals surface area contributed by atoms with Crippen LogP contribution in [0.2, 0.25) is 5.02 Å². The van der Waals surface area contributed by atoms with E-state index in [4.69, 9.17) is 16.3 Å². The lowest BCUT2D eigenvalue weighted by Gasteiger charge is -2.05. The van der Waals surface area contributed by atoms with Crippen LogP contribution in [0.4, 0.5) is 0 Å². The van der Waals surface area contributed by atoms with Gasteiger partial charge in [0.2, 0.25) is 0 Å². The molecule has 0 bridgehead atoms. The minimum atomic E-state index is 0.00458. The number of benzene rings is 1. The molecule has 0 saturated heterocycles. The second-order valence-electron chi connectivity index (χ2n) is 2.63. The first-order valence-corrected chi connectivity index (χ1v) is 4.46. The van der Waals surface area contributed by atoms with Crippen LogP contribution in [0.5, 0.6) is 5.75 Å². The second kappa shape index (κ2) is 4.28. The molecule has 1 rings (SSSR count). The van der Waals surface area contributed by atoms with Gasteiger partial charge in [-0.15, -0.1) is 0 Å². The maximum Gasteiger partial charge on any atom is 0.159 e. The summed E-state index contributed by atoms with van der Waals surface area (Å²) in [7, 11) is 0. The molecule has 0 N–H and O–H groups in total. The lowest BCUT2D eigenvalue weighted by Crippen LogP contribution is -1.95. The molecule has 0 fully saturated rings. The Labute approximate surface area is 82.5 Å². The molecule has 70 valence electrons. The predicted octanol–water partition coefficient (Wildman–Crippen LogP) is 2.94. The van der Waals surface area contributed by atoms with Gasteiger partial charge in [-0.1, -0.05) is 11.6 Å². The lowest BCUT2D eigenvalue weighted by molar-refractivity contribution is 0.101. The first kappa shape index (κ1) is 10.1. The van der Waals surface area contributed by atoms with Gasteiger partial charge in [0.25, 0.3) is 0 Å². The molecular formula is C10H11ClO2. The van der Waals surface area contributed by atoms with Crippen molar-refractivity contribution in [3.8, 4) is 5.75 Å². The van der Waals surface area contributed by atoms with Gasteiger partial charge in [0.05, 0.1) is 11.6 Å². The number of carbonyl (C=O) groups excluding carboxylic acids is 1. The highest BCUT2D eigenvalue weighted by molar-refractivity contribution is 6.32. The Balaban J connectivity index is 2.98. The van der Waals surface area contributed by atoms with E-state index in [1.165, 1.54) is 6.92 Å². The highest BCUT2D eigenvalue weighted by Crippen LogP contribution is 2.25. The normalized spacial score (nSPS) is 9.77. The van der Waals surface area contributed by atoms with Crippen LogP contribution >= 0.6 is 11.6 Å². The number of halogens is 1. The van der Waals surface area contributed by atoms with E-state index in [0.29, 0.717) is 22.9 Å². The molecule has 1 aromatic rings. The van der Waals surface area contributed by atoms with E-state index in [9.17, 15) is 4.79 Å². The average molecular weight is 199 g/mol. The van der Waals surface area contributed by atoms with Crippen LogP contribution in [-0.2, 0) is 0 Å². The van der Waals surface area contributed by atoms with E-state index >= 15 is 0 Å². The molecule has 0 aliphatic rings. The van der Waals surface area contributed by atoms with Gasteiger partial charge < -0.3 is 4.74 Å². The van der Waals surface area contributed by atoms with Gasteiger partial charge in [0.1, 0.15) is 5.75 Å². The fourth-order valence-electron chi connectivity index (χ4n) is 0.992. The lowest BCUT2D eigenvalue weighted by atomic mass is 10.1. The maximum atomic E-state index is 11.0. The summed E-state index contributed by atoms with van der Waals surface area (Å²) in [5.74, 6) is 0.624. The third kappa shape index (κ3) is 2.46. The van der Waals surface area contributed by atoms with E-state index < -0.39 is 0 Å². The zero-order valence-corrected chi connectivity index (χ0v) is 8.39. The van der Waals surface area contributed by atoms with Crippen LogP contribution in [0.3, 0.4) is 0 Å². The second-order valence-corrected chi connectivity index (χ2v) is 3.04. The number of ether oxygens (including phenoxy) is 1. The van der Waals surface area contributed by atoms with Gasteiger partial charge in [-0.2, -0.15) is 0 Å². The third-order valence-corrected chi connectivity index (χ3v) is 1.93. The van der Waals surface area contributed by atoms with Crippen molar-refractivity contribution in [1.29, 1.82) is 0 Å². The number of hydrogen-bond donors (Lipinski definition) is 0. The van der Waals surface area contributed by atoms with Gasteiger partial charge in [-0.3, -0.25) is 4.79 Å². The van der Waals surface area contributed by atoms with E-state index in [1.54, 1.807) is 18.2 Å². The predicted molar refractivity (Wildman–Crippen MR) is 52.6 cm³/mol. The zero-order valence-electron chi connectivity index (χ0n) is 7.63. The number of rotatable bonds is 3. The Morgan fingerprint density at radius 3 is 2.69 bits per heavy atom. The standard InChI is InChI=1S/C10H11ClO2/c1-3-13-10-5-4-8(7(2)12)6-9(10)11/h4-6H,3H2,1-2H3. The molecule has 3 heteroatoms. The van der Waals surface area contributed by atoms with Gasteiger partial charge in [0.15, 0.2) is 5.78 Å². The van der Waals surface area contributed by atoms with Gasteiger partial charge >= 0.3 is 0 Å². The average Bonchev–Trinajstić information content (AvgIpc) is 2.08. The van der Waals surface area contributed by atoms with Crippen molar-refractivity contribution in [2.75, 3.05) is 6.61 Å². The smallest absolute Gasteiger partial charge is 0.159 e. The molecule has 0 saturated carbocycles. The number of hydrogen-bond acceptors (Lipinski definition) is 2. The van der Waals surface area contributed by atoms with Crippen LogP contribution in [0, 0.1) is 0 Å². The first-order valence-electron chi connectivity index (χ1n) is 4.08. The quantitative estimate of drug-likeness (QED) is 0.698. The summed E-state index contributed by atoms with van der Waals surface area (Å²) in [5, 5.41) is 0.481. The topological polar surface area (TPSA) is 26.3 Å². The summed E-state index contributed by atoms with van der Waals surface area (Å²) in [6.45, 7) is 3.96. The van der Waals surface area contributed by atoms with Crippen molar-refractivity contribution in [3.05, 3.63) is 28.8 Å². The van der Waals surface area contributed by atoms with Crippen LogP contribution in [0.1, 0.15) is 24.2 Å². The molecule has 2 nitrogen and oxygen atoms in total. The van der Waals surface area contributed by atoms with Gasteiger partial charge in [-0.05, 0) is 32.0 Å². The van der Waals surface area contributed by atoms with Crippen molar-refractivity contribution in [2.24, 2.45) is 0 Å². The van der Waals surface area contributed by atoms with Crippen molar-refractivity contribution in [1.82, 2.24) is 0 Å². The van der Waals surface area contributed by atoms with Crippen LogP contribution in [-0.4, -0.2) is 12.4 Å². The van der Waals surface area contributed by atoms with Crippen molar-refractivity contribution < 1.29 is 9.53 Å². The van der Waals surface area contributed by atoms with Crippen molar-refractivity contribution in [2.45, 2.75) is 13.8 Å². The van der Waals surface area contributed by atoms with Crippen LogP contribution < -0.4 is 4.74 Å². The molecule has 0 aliphatic heterocycles. The Morgan fingerprint density at radius 1 is 1.54 bits per heavy atom. The molecule has 0 aliphatic carbocycles. The van der Waals surface area contributed by atoms with Gasteiger partial charge in [0, 0.05) is 5.56 Å². The first-order chi connectivity index (χ1) is 6.15. The summed E-state index contributed by atoms with van der Waals surface area (Å²) in [5.41, 5.74) is 0.605. The SMILES string of the molecule is CCOc1ccc(C(C)=O)cc1Cl. The molecule has 1 aromatic carbocycles. The molecule has 0 spiro atoms. The van der Waals surface area contributed by atoms with Crippen LogP contribution in [0.15, 0.2) is 18.2 Å². The van der Waals surface area contributed by atoms with Gasteiger partial charge in [-0.25, -0.2) is 0 Å². The molecule has 0 radical (unpaired) electrons. The van der Waals surface area contributed by atoms with Crippen molar-refractivity contribution >= 4 is 17.4 Å². The van der Waals surface area contributed by atoms with E-state index in [-0.39, 0.29) is 5.78 Å². The summed E-state index contributed by atoms with van der Waals surface area (Å²) in [4.78, 5) is 11.0. The third-order valence-electron chi connectivity index (χ3n) is 1.64. The van der Waals surface area contributed by atoms with E-state index in [0.717, 1.165) is 0 Å². The monoisotopic (exact) mass is 198 g/mol. The van der Waals surface area contributed by atoms with Crippen molar-refractivity contribution in [3.63, 3.8) is 0 Å². The molecule has 0 heterocycles. The zero-order chi connectivity index (χ0) is 9.84. The molecule has 0 amide bonds. The largest absolute Gasteiger partial charge is 0.492 e. The summed E-state index contributed by atoms with van der Waals surface area (Å²) in [6.07, 6.45) is 0. The van der Waals surface area contributed by atoms with E-state index in [2.05, 4.69) is 0 Å². The highest BCUT2D eigenvalue weighted by atomic mass is 35.5. The summed E-state index contributed by atoms with van der Waals surface area (Å²) < 4.78 is 5.23. The fraction of sp³-hybridized carbons (Fsp3) is 0.300.